The maximum Gasteiger partial charge on any atom is 0.204 e. The highest BCUT2D eigenvalue weighted by Crippen LogP contribution is 2.21. The molecule has 0 fully saturated rings. The first kappa shape index (κ1) is 17.6. The third-order valence-corrected chi connectivity index (χ3v) is 2.12. The molecule has 5 heteroatoms. The van der Waals surface area contributed by atoms with Gasteiger partial charge in [0.15, 0.2) is 0 Å². The number of aliphatic hydroxyl groups is 1. The molecule has 0 aliphatic heterocycles. The lowest BCUT2D eigenvalue weighted by atomic mass is 10.1. The molecule has 0 aliphatic carbocycles. The van der Waals surface area contributed by atoms with Gasteiger partial charge < -0.3 is 10.8 Å². The number of nitrogens with two attached hydrogens (primary N) is 1. The first-order valence-corrected chi connectivity index (χ1v) is 5.45. The number of carbonyl (C=O) groups excluding carboxylic acids is 1. The number of halogens is 2. The van der Waals surface area contributed by atoms with Gasteiger partial charge in [-0.3, -0.25) is 4.79 Å². The number of benzene rings is 1. The minimum Gasteiger partial charge on any atom is -0.400 e. The fraction of sp³-hybridized carbons (Fsp3) is 0.364. The van der Waals surface area contributed by atoms with Gasteiger partial charge in [-0.1, -0.05) is 42.6 Å². The summed E-state index contributed by atoms with van der Waals surface area (Å²) in [7, 11) is 1.00. The Balaban J connectivity index is 0. The highest BCUT2D eigenvalue weighted by Gasteiger charge is 1.98. The van der Waals surface area contributed by atoms with Crippen LogP contribution >= 0.6 is 23.2 Å². The van der Waals surface area contributed by atoms with Gasteiger partial charge >= 0.3 is 0 Å². The summed E-state index contributed by atoms with van der Waals surface area (Å²) >= 11 is 11.7. The number of amides is 1. The Hall–Kier alpha value is -0.770. The molecule has 0 spiro atoms. The fourth-order valence-electron chi connectivity index (χ4n) is 0.994. The summed E-state index contributed by atoms with van der Waals surface area (Å²) in [6, 6.07) is 5.64. The van der Waals surface area contributed by atoms with Crippen molar-refractivity contribution in [3.63, 3.8) is 0 Å². The number of hydrogen-bond acceptors (Lipinski definition) is 2. The zero-order valence-electron chi connectivity index (χ0n) is 9.41. The quantitative estimate of drug-likeness (QED) is 0.808. The van der Waals surface area contributed by atoms with E-state index in [1.54, 1.807) is 6.07 Å². The van der Waals surface area contributed by atoms with Crippen LogP contribution in [0.1, 0.15) is 18.9 Å². The van der Waals surface area contributed by atoms with Crippen molar-refractivity contribution >= 4 is 29.6 Å². The van der Waals surface area contributed by atoms with Crippen molar-refractivity contribution in [1.29, 1.82) is 0 Å². The van der Waals surface area contributed by atoms with Gasteiger partial charge in [-0.15, -0.1) is 0 Å². The molecule has 3 nitrogen and oxygen atoms in total. The Bertz CT molecular complexity index is 293. The van der Waals surface area contributed by atoms with Gasteiger partial charge in [-0.05, 0) is 24.1 Å². The van der Waals surface area contributed by atoms with Crippen molar-refractivity contribution < 1.29 is 9.90 Å². The molecule has 0 atom stereocenters. The number of carbonyl (C=O) groups is 1. The number of hydrogen-bond donors (Lipinski definition) is 2. The van der Waals surface area contributed by atoms with E-state index in [-0.39, 0.29) is 6.41 Å². The lowest BCUT2D eigenvalue weighted by Crippen LogP contribution is -1.83. The van der Waals surface area contributed by atoms with E-state index in [2.05, 4.69) is 12.7 Å². The van der Waals surface area contributed by atoms with Crippen LogP contribution in [0.5, 0.6) is 0 Å². The second-order valence-corrected chi connectivity index (χ2v) is 3.47. The number of aryl methyl sites for hydroxylation is 1. The van der Waals surface area contributed by atoms with Crippen LogP contribution in [0.2, 0.25) is 10.0 Å². The molecule has 0 unspecified atom stereocenters. The molecule has 1 amide bonds. The third-order valence-electron chi connectivity index (χ3n) is 1.53. The molecule has 0 radical (unpaired) electrons. The first-order chi connectivity index (χ1) is 7.65. The minimum absolute atomic E-state index is 0.250. The molecule has 3 N–H and O–H groups in total. The van der Waals surface area contributed by atoms with E-state index < -0.39 is 0 Å². The standard InChI is InChI=1S/C9H10Cl2.CH3NO.CH4O/c1-2-3-7-4-5-8(10)6-9(7)11;2-1-3;1-2/h4-6H,2-3H2,1H3;1H,(H2,2,3);2H,1H3. The zero-order chi connectivity index (χ0) is 13.0. The predicted molar refractivity (Wildman–Crippen MR) is 68.9 cm³/mol. The maximum atomic E-state index is 8.58. The van der Waals surface area contributed by atoms with E-state index in [1.807, 2.05) is 12.1 Å². The summed E-state index contributed by atoms with van der Waals surface area (Å²) in [6.07, 6.45) is 2.39. The molecule has 0 aliphatic rings. The highest BCUT2D eigenvalue weighted by molar-refractivity contribution is 6.35. The van der Waals surface area contributed by atoms with Crippen LogP contribution in [-0.4, -0.2) is 18.6 Å². The summed E-state index contributed by atoms with van der Waals surface area (Å²) < 4.78 is 0. The van der Waals surface area contributed by atoms with Crippen molar-refractivity contribution in [2.75, 3.05) is 7.11 Å². The molecule has 1 aromatic rings. The fourth-order valence-corrected chi connectivity index (χ4v) is 1.50. The Kier molecular flexibility index (Phi) is 13.5. The molecular formula is C11H17Cl2NO2. The van der Waals surface area contributed by atoms with Gasteiger partial charge in [-0.25, -0.2) is 0 Å². The monoisotopic (exact) mass is 265 g/mol. The van der Waals surface area contributed by atoms with E-state index in [1.165, 1.54) is 5.56 Å². The third kappa shape index (κ3) is 8.53. The summed E-state index contributed by atoms with van der Waals surface area (Å²) in [5.74, 6) is 0. The van der Waals surface area contributed by atoms with Crippen LogP contribution in [0.15, 0.2) is 18.2 Å². The van der Waals surface area contributed by atoms with Crippen molar-refractivity contribution in [2.24, 2.45) is 5.73 Å². The molecular weight excluding hydrogens is 249 g/mol. The van der Waals surface area contributed by atoms with Crippen LogP contribution in [0, 0.1) is 0 Å². The minimum atomic E-state index is 0.250. The predicted octanol–water partition coefficient (Wildman–Crippen LogP) is 2.66. The normalized spacial score (nSPS) is 8.06. The van der Waals surface area contributed by atoms with Crippen molar-refractivity contribution in [1.82, 2.24) is 0 Å². The molecule has 1 rings (SSSR count). The smallest absolute Gasteiger partial charge is 0.204 e. The second-order valence-electron chi connectivity index (χ2n) is 2.62. The molecule has 0 heterocycles. The highest BCUT2D eigenvalue weighted by atomic mass is 35.5. The van der Waals surface area contributed by atoms with Crippen molar-refractivity contribution in [3.05, 3.63) is 33.8 Å². The molecule has 1 aromatic carbocycles. The topological polar surface area (TPSA) is 63.3 Å². The summed E-state index contributed by atoms with van der Waals surface area (Å²) in [4.78, 5) is 8.58. The molecule has 92 valence electrons. The largest absolute Gasteiger partial charge is 0.400 e. The van der Waals surface area contributed by atoms with Gasteiger partial charge in [-0.2, -0.15) is 0 Å². The van der Waals surface area contributed by atoms with Gasteiger partial charge in [0.25, 0.3) is 0 Å². The molecule has 16 heavy (non-hydrogen) atoms. The second kappa shape index (κ2) is 12.3. The maximum absolute atomic E-state index is 8.58. The summed E-state index contributed by atoms with van der Waals surface area (Å²) in [5, 5.41) is 8.48. The average molecular weight is 266 g/mol. The Morgan fingerprint density at radius 1 is 1.38 bits per heavy atom. The van der Waals surface area contributed by atoms with Crippen LogP contribution in [0.25, 0.3) is 0 Å². The molecule has 0 aromatic heterocycles. The molecule has 0 saturated carbocycles. The van der Waals surface area contributed by atoms with E-state index in [0.717, 1.165) is 25.0 Å². The number of primary amides is 1. The molecule has 0 bridgehead atoms. The lowest BCUT2D eigenvalue weighted by Gasteiger charge is -2.01. The zero-order valence-corrected chi connectivity index (χ0v) is 10.9. The Morgan fingerprint density at radius 3 is 2.25 bits per heavy atom. The van der Waals surface area contributed by atoms with Crippen molar-refractivity contribution in [2.45, 2.75) is 19.8 Å². The Labute approximate surface area is 106 Å². The van der Waals surface area contributed by atoms with Gasteiger partial charge in [0, 0.05) is 17.2 Å². The number of aliphatic hydroxyl groups excluding tert-OH is 1. The van der Waals surface area contributed by atoms with E-state index in [0.29, 0.717) is 5.02 Å². The van der Waals surface area contributed by atoms with E-state index >= 15 is 0 Å². The van der Waals surface area contributed by atoms with E-state index in [4.69, 9.17) is 33.1 Å². The first-order valence-electron chi connectivity index (χ1n) is 4.69. The summed E-state index contributed by atoms with van der Waals surface area (Å²) in [5.41, 5.74) is 5.35. The van der Waals surface area contributed by atoms with Crippen LogP contribution in [-0.2, 0) is 11.2 Å². The van der Waals surface area contributed by atoms with Crippen LogP contribution in [0.3, 0.4) is 0 Å². The van der Waals surface area contributed by atoms with E-state index in [9.17, 15) is 0 Å². The van der Waals surface area contributed by atoms with Gasteiger partial charge in [0.2, 0.25) is 6.41 Å². The average Bonchev–Trinajstić information content (AvgIpc) is 2.26. The van der Waals surface area contributed by atoms with Crippen LogP contribution in [0.4, 0.5) is 0 Å². The molecule has 0 saturated heterocycles. The van der Waals surface area contributed by atoms with Gasteiger partial charge in [0.05, 0.1) is 0 Å². The summed E-state index contributed by atoms with van der Waals surface area (Å²) in [6.45, 7) is 2.13. The number of rotatable bonds is 2. The van der Waals surface area contributed by atoms with Crippen molar-refractivity contribution in [3.8, 4) is 0 Å². The van der Waals surface area contributed by atoms with Gasteiger partial charge in [0.1, 0.15) is 0 Å². The lowest BCUT2D eigenvalue weighted by molar-refractivity contribution is -0.106. The Morgan fingerprint density at radius 2 is 1.88 bits per heavy atom. The SMILES string of the molecule is CCCc1ccc(Cl)cc1Cl.CO.NC=O. The van der Waals surface area contributed by atoms with Crippen LogP contribution < -0.4 is 5.73 Å².